The lowest BCUT2D eigenvalue weighted by Crippen LogP contribution is -2.43. The van der Waals surface area contributed by atoms with Gasteiger partial charge >= 0.3 is 5.97 Å². The summed E-state index contributed by atoms with van der Waals surface area (Å²) in [5, 5.41) is 23.3. The maximum atomic E-state index is 15.2. The molecule has 222 valence electrons. The maximum absolute atomic E-state index is 15.2. The highest BCUT2D eigenvalue weighted by atomic mass is 32.2. The fourth-order valence-corrected chi connectivity index (χ4v) is 7.97. The number of aromatic nitrogens is 2. The van der Waals surface area contributed by atoms with Crippen molar-refractivity contribution in [2.45, 2.75) is 63.5 Å². The number of ether oxygens (including phenoxy) is 1. The van der Waals surface area contributed by atoms with Gasteiger partial charge in [0.15, 0.2) is 9.84 Å². The minimum atomic E-state index is -3.09. The highest BCUT2D eigenvalue weighted by Crippen LogP contribution is 2.47. The first kappa shape index (κ1) is 28.5. The second kappa shape index (κ2) is 10.6. The van der Waals surface area contributed by atoms with Crippen LogP contribution >= 0.6 is 0 Å². The summed E-state index contributed by atoms with van der Waals surface area (Å²) in [6.07, 6.45) is 5.44. The number of benzene rings is 2. The van der Waals surface area contributed by atoms with Crippen molar-refractivity contribution in [3.63, 3.8) is 0 Å². The summed E-state index contributed by atoms with van der Waals surface area (Å²) in [6, 6.07) is 6.84. The lowest BCUT2D eigenvalue weighted by atomic mass is 9.90. The van der Waals surface area contributed by atoms with Crippen LogP contribution in [0.2, 0.25) is 0 Å². The van der Waals surface area contributed by atoms with E-state index in [1.165, 1.54) is 6.07 Å². The van der Waals surface area contributed by atoms with Gasteiger partial charge in [0, 0.05) is 11.5 Å². The molecule has 2 aliphatic carbocycles. The Kier molecular flexibility index (Phi) is 7.21. The lowest BCUT2D eigenvalue weighted by molar-refractivity contribution is -0.138. The number of anilines is 1. The van der Waals surface area contributed by atoms with E-state index in [0.29, 0.717) is 42.1 Å². The fourth-order valence-electron chi connectivity index (χ4n) is 6.38. The molecule has 1 saturated carbocycles. The van der Waals surface area contributed by atoms with Gasteiger partial charge in [-0.15, -0.1) is 0 Å². The number of carboxylic acids is 1. The van der Waals surface area contributed by atoms with Crippen molar-refractivity contribution >= 4 is 21.6 Å². The predicted octanol–water partition coefficient (Wildman–Crippen LogP) is 4.51. The standard InChI is InChI=1S/C31H34FN3O6S/c1-17-11-19(41-16-31(38)7-9-42(39,40)10-8-31)12-18(2)28(17)20-3-5-24(32)29-21(20)4-6-25(29)35-27-15-33-26(14-34-27)22-13-23(22)30(36)37/h3,5,11-12,14-15,22-23,25,38H,4,6-10,13,16H2,1-2H3,(H,34,35)(H,36,37)/t22-,23-,25+/m0/s1. The van der Waals surface area contributed by atoms with Crippen molar-refractivity contribution in [3.8, 4) is 16.9 Å². The third-order valence-electron chi connectivity index (χ3n) is 8.86. The number of sulfone groups is 1. The molecule has 3 aliphatic rings. The van der Waals surface area contributed by atoms with E-state index in [2.05, 4.69) is 15.3 Å². The number of rotatable bonds is 8. The number of aliphatic hydroxyl groups is 1. The molecule has 11 heteroatoms. The molecule has 0 radical (unpaired) electrons. The maximum Gasteiger partial charge on any atom is 0.307 e. The molecule has 1 saturated heterocycles. The van der Waals surface area contributed by atoms with Crippen LogP contribution < -0.4 is 10.1 Å². The van der Waals surface area contributed by atoms with Crippen molar-refractivity contribution < 1.29 is 32.6 Å². The first-order valence-electron chi connectivity index (χ1n) is 14.2. The molecule has 42 heavy (non-hydrogen) atoms. The summed E-state index contributed by atoms with van der Waals surface area (Å²) >= 11 is 0. The lowest BCUT2D eigenvalue weighted by Gasteiger charge is -2.31. The molecule has 1 aliphatic heterocycles. The quantitative estimate of drug-likeness (QED) is 0.343. The molecule has 3 aromatic rings. The van der Waals surface area contributed by atoms with Crippen LogP contribution in [0.25, 0.3) is 11.1 Å². The van der Waals surface area contributed by atoms with Crippen molar-refractivity contribution in [1.29, 1.82) is 0 Å². The van der Waals surface area contributed by atoms with E-state index < -0.39 is 27.3 Å². The molecule has 2 heterocycles. The normalized spacial score (nSPS) is 23.7. The molecule has 0 amide bonds. The summed E-state index contributed by atoms with van der Waals surface area (Å²) in [5.74, 6) is -0.574. The van der Waals surface area contributed by atoms with E-state index in [-0.39, 0.29) is 48.7 Å². The van der Waals surface area contributed by atoms with Crippen LogP contribution in [0.4, 0.5) is 10.2 Å². The van der Waals surface area contributed by atoms with Crippen LogP contribution in [0.1, 0.15) is 65.6 Å². The Labute approximate surface area is 244 Å². The Hall–Kier alpha value is -3.57. The van der Waals surface area contributed by atoms with Gasteiger partial charge in [-0.25, -0.2) is 17.8 Å². The molecule has 2 fully saturated rings. The number of aryl methyl sites for hydroxylation is 2. The molecular formula is C31H34FN3O6S. The van der Waals surface area contributed by atoms with Crippen molar-refractivity contribution in [2.24, 2.45) is 5.92 Å². The third-order valence-corrected chi connectivity index (χ3v) is 10.5. The molecule has 2 aromatic carbocycles. The molecular weight excluding hydrogens is 561 g/mol. The van der Waals surface area contributed by atoms with Gasteiger partial charge in [-0.2, -0.15) is 0 Å². The molecule has 0 bridgehead atoms. The van der Waals surface area contributed by atoms with Crippen molar-refractivity contribution in [2.75, 3.05) is 23.4 Å². The van der Waals surface area contributed by atoms with Gasteiger partial charge < -0.3 is 20.3 Å². The van der Waals surface area contributed by atoms with Gasteiger partial charge in [0.1, 0.15) is 29.6 Å². The van der Waals surface area contributed by atoms with Gasteiger partial charge in [0.25, 0.3) is 0 Å². The molecule has 0 unspecified atom stereocenters. The number of hydrogen-bond acceptors (Lipinski definition) is 8. The van der Waals surface area contributed by atoms with E-state index in [0.717, 1.165) is 27.8 Å². The summed E-state index contributed by atoms with van der Waals surface area (Å²) in [7, 11) is -3.09. The van der Waals surface area contributed by atoms with Crippen LogP contribution in [-0.4, -0.2) is 58.3 Å². The van der Waals surface area contributed by atoms with Crippen LogP contribution in [0, 0.1) is 25.6 Å². The van der Waals surface area contributed by atoms with Crippen LogP contribution in [0.15, 0.2) is 36.7 Å². The average molecular weight is 596 g/mol. The zero-order chi connectivity index (χ0) is 29.8. The highest BCUT2D eigenvalue weighted by Gasteiger charge is 2.45. The number of fused-ring (bicyclic) bond motifs is 1. The van der Waals surface area contributed by atoms with E-state index in [4.69, 9.17) is 9.84 Å². The minimum Gasteiger partial charge on any atom is -0.491 e. The number of nitrogens with one attached hydrogen (secondary N) is 1. The van der Waals surface area contributed by atoms with Gasteiger partial charge in [-0.05, 0) is 92.0 Å². The van der Waals surface area contributed by atoms with Crippen molar-refractivity contribution in [1.82, 2.24) is 9.97 Å². The topological polar surface area (TPSA) is 139 Å². The fraction of sp³-hybridized carbons (Fsp3) is 0.452. The number of halogens is 1. The SMILES string of the molecule is Cc1cc(OCC2(O)CCS(=O)(=O)CC2)cc(C)c1-c1ccc(F)c2c1CC[C@H]2Nc1cnc([C@H]2C[C@@H]2C(=O)O)cn1. The largest absolute Gasteiger partial charge is 0.491 e. The first-order valence-corrected chi connectivity index (χ1v) is 16.0. The summed E-state index contributed by atoms with van der Waals surface area (Å²) in [5.41, 5.74) is 4.91. The number of carboxylic acid groups (broad SMARTS) is 1. The Bertz CT molecular complexity index is 1620. The Morgan fingerprint density at radius 1 is 1.14 bits per heavy atom. The second-order valence-corrected chi connectivity index (χ2v) is 14.2. The van der Waals surface area contributed by atoms with Gasteiger partial charge in [-0.1, -0.05) is 6.07 Å². The summed E-state index contributed by atoms with van der Waals surface area (Å²) in [4.78, 5) is 20.0. The Morgan fingerprint density at radius 2 is 1.86 bits per heavy atom. The number of nitrogens with zero attached hydrogens (tertiary/aromatic N) is 2. The Balaban J connectivity index is 1.19. The molecule has 9 nitrogen and oxygen atoms in total. The minimum absolute atomic E-state index is 0.0186. The van der Waals surface area contributed by atoms with Gasteiger partial charge in [0.05, 0.1) is 41.6 Å². The predicted molar refractivity (Wildman–Crippen MR) is 155 cm³/mol. The molecule has 0 spiro atoms. The molecule has 3 N–H and O–H groups in total. The first-order chi connectivity index (χ1) is 19.9. The zero-order valence-corrected chi connectivity index (χ0v) is 24.4. The van der Waals surface area contributed by atoms with E-state index >= 15 is 4.39 Å². The van der Waals surface area contributed by atoms with Gasteiger partial charge in [-0.3, -0.25) is 9.78 Å². The zero-order valence-electron chi connectivity index (χ0n) is 23.6. The monoisotopic (exact) mass is 595 g/mol. The average Bonchev–Trinajstić information content (AvgIpc) is 3.65. The number of hydrogen-bond donors (Lipinski definition) is 3. The van der Waals surface area contributed by atoms with Crippen molar-refractivity contribution in [3.05, 3.63) is 70.4 Å². The second-order valence-electron chi connectivity index (χ2n) is 11.9. The van der Waals surface area contributed by atoms with Crippen LogP contribution in [0.5, 0.6) is 5.75 Å². The number of carbonyl (C=O) groups is 1. The molecule has 3 atom stereocenters. The number of aliphatic carboxylic acids is 1. The highest BCUT2D eigenvalue weighted by molar-refractivity contribution is 7.91. The van der Waals surface area contributed by atoms with E-state index in [9.17, 15) is 18.3 Å². The van der Waals surface area contributed by atoms with Crippen LogP contribution in [-0.2, 0) is 21.1 Å². The smallest absolute Gasteiger partial charge is 0.307 e. The van der Waals surface area contributed by atoms with Gasteiger partial charge in [0.2, 0.25) is 0 Å². The summed E-state index contributed by atoms with van der Waals surface area (Å²) in [6.45, 7) is 3.97. The third kappa shape index (κ3) is 5.59. The molecule has 6 rings (SSSR count). The molecule has 1 aromatic heterocycles. The van der Waals surface area contributed by atoms with Crippen LogP contribution in [0.3, 0.4) is 0 Å². The van der Waals surface area contributed by atoms with E-state index in [1.54, 1.807) is 12.4 Å². The van der Waals surface area contributed by atoms with E-state index in [1.807, 2.05) is 32.0 Å². The summed E-state index contributed by atoms with van der Waals surface area (Å²) < 4.78 is 44.7. The Morgan fingerprint density at radius 3 is 2.48 bits per heavy atom.